The molecule has 5 N–H and O–H groups in total. The zero-order chi connectivity index (χ0) is 10.3. The van der Waals surface area contributed by atoms with Gasteiger partial charge in [0.15, 0.2) is 0 Å². The summed E-state index contributed by atoms with van der Waals surface area (Å²) in [6, 6.07) is -0.839. The lowest BCUT2D eigenvalue weighted by atomic mass is 10.1. The molecule has 13 heavy (non-hydrogen) atoms. The molecule has 0 saturated heterocycles. The normalized spacial score (nSPS) is 12.1. The summed E-state index contributed by atoms with van der Waals surface area (Å²) in [6.45, 7) is 0.210. The first-order chi connectivity index (χ1) is 6.04. The predicted octanol–water partition coefficient (Wildman–Crippen LogP) is -0.336. The zero-order valence-corrected chi connectivity index (χ0v) is 7.23. The number of carboxylic acids is 1. The van der Waals surface area contributed by atoms with Crippen molar-refractivity contribution >= 4 is 12.1 Å². The van der Waals surface area contributed by atoms with E-state index >= 15 is 0 Å². The van der Waals surface area contributed by atoms with Crippen molar-refractivity contribution < 1.29 is 19.4 Å². The van der Waals surface area contributed by atoms with E-state index in [1.165, 1.54) is 0 Å². The van der Waals surface area contributed by atoms with Crippen LogP contribution in [0.25, 0.3) is 0 Å². The molecule has 6 nitrogen and oxygen atoms in total. The Labute approximate surface area is 75.8 Å². The van der Waals surface area contributed by atoms with Crippen molar-refractivity contribution in [3.05, 3.63) is 0 Å². The lowest BCUT2D eigenvalue weighted by molar-refractivity contribution is -0.138. The lowest BCUT2D eigenvalue weighted by Crippen LogP contribution is -2.29. The van der Waals surface area contributed by atoms with Crippen LogP contribution in [0.5, 0.6) is 0 Å². The molecule has 1 atom stereocenters. The smallest absolute Gasteiger partial charge is 0.404 e. The van der Waals surface area contributed by atoms with Gasteiger partial charge in [-0.3, -0.25) is 4.79 Å². The molecule has 0 saturated carbocycles. The molecule has 1 amide bonds. The molecule has 0 fully saturated rings. The number of carboxylic acid groups (broad SMARTS) is 1. The molecule has 0 aliphatic rings. The molecule has 0 aromatic heterocycles. The van der Waals surface area contributed by atoms with Crippen LogP contribution in [0.1, 0.15) is 19.3 Å². The quantitative estimate of drug-likeness (QED) is 0.495. The number of carbonyl (C=O) groups is 2. The highest BCUT2D eigenvalue weighted by molar-refractivity contribution is 5.72. The molecule has 0 heterocycles. The standard InChI is InChI=1S/C7H14N2O4/c8-5(6(10)11)3-1-2-4-13-7(9)12/h5H,1-4,8H2,(H2,9,12)(H,10,11)/t5-/m0/s1. The maximum absolute atomic E-state index is 10.2. The first kappa shape index (κ1) is 11.7. The van der Waals surface area contributed by atoms with Gasteiger partial charge in [0.05, 0.1) is 6.61 Å². The third-order valence-electron chi connectivity index (χ3n) is 1.47. The SMILES string of the molecule is NC(=O)OCCCC[C@H](N)C(=O)O. The number of hydrogen-bond donors (Lipinski definition) is 3. The van der Waals surface area contributed by atoms with E-state index in [1.807, 2.05) is 0 Å². The molecule has 0 aromatic carbocycles. The van der Waals surface area contributed by atoms with Gasteiger partial charge >= 0.3 is 12.1 Å². The summed E-state index contributed by atoms with van der Waals surface area (Å²) >= 11 is 0. The molecule has 6 heteroatoms. The third kappa shape index (κ3) is 7.07. The Morgan fingerprint density at radius 1 is 1.38 bits per heavy atom. The number of carbonyl (C=O) groups excluding carboxylic acids is 1. The Morgan fingerprint density at radius 3 is 2.46 bits per heavy atom. The summed E-state index contributed by atoms with van der Waals surface area (Å²) in [7, 11) is 0. The number of unbranched alkanes of at least 4 members (excludes halogenated alkanes) is 1. The van der Waals surface area contributed by atoms with Gasteiger partial charge in [-0.05, 0) is 19.3 Å². The molecule has 0 radical (unpaired) electrons. The molecule has 0 aliphatic carbocycles. The van der Waals surface area contributed by atoms with Gasteiger partial charge < -0.3 is 21.3 Å². The minimum absolute atomic E-state index is 0.210. The number of ether oxygens (including phenoxy) is 1. The summed E-state index contributed by atoms with van der Waals surface area (Å²) in [4.78, 5) is 20.3. The Kier molecular flexibility index (Phi) is 5.62. The van der Waals surface area contributed by atoms with E-state index in [4.69, 9.17) is 16.6 Å². The van der Waals surface area contributed by atoms with Crippen molar-refractivity contribution in [1.29, 1.82) is 0 Å². The van der Waals surface area contributed by atoms with Crippen molar-refractivity contribution in [3.8, 4) is 0 Å². The average molecular weight is 190 g/mol. The van der Waals surface area contributed by atoms with Gasteiger partial charge in [-0.15, -0.1) is 0 Å². The Hall–Kier alpha value is -1.30. The number of primary amides is 1. The molecule has 0 spiro atoms. The average Bonchev–Trinajstić information content (AvgIpc) is 2.02. The summed E-state index contributed by atoms with van der Waals surface area (Å²) < 4.78 is 4.43. The molecule has 0 rings (SSSR count). The van der Waals surface area contributed by atoms with E-state index in [0.717, 1.165) is 0 Å². The zero-order valence-electron chi connectivity index (χ0n) is 7.23. The van der Waals surface area contributed by atoms with Gasteiger partial charge in [0.25, 0.3) is 0 Å². The summed E-state index contributed by atoms with van der Waals surface area (Å²) in [5.74, 6) is -1.02. The van der Waals surface area contributed by atoms with Crippen molar-refractivity contribution in [1.82, 2.24) is 0 Å². The van der Waals surface area contributed by atoms with E-state index in [2.05, 4.69) is 4.74 Å². The highest BCUT2D eigenvalue weighted by Crippen LogP contribution is 1.99. The second-order valence-corrected chi connectivity index (χ2v) is 2.61. The Morgan fingerprint density at radius 2 is 2.00 bits per heavy atom. The summed E-state index contributed by atoms with van der Waals surface area (Å²) in [6.07, 6.45) is 0.727. The number of nitrogens with two attached hydrogens (primary N) is 2. The second-order valence-electron chi connectivity index (χ2n) is 2.61. The van der Waals surface area contributed by atoms with Crippen molar-refractivity contribution in [2.24, 2.45) is 11.5 Å². The first-order valence-corrected chi connectivity index (χ1v) is 3.94. The van der Waals surface area contributed by atoms with Gasteiger partial charge in [0, 0.05) is 0 Å². The van der Waals surface area contributed by atoms with Crippen molar-refractivity contribution in [2.45, 2.75) is 25.3 Å². The van der Waals surface area contributed by atoms with Gasteiger partial charge in [0.2, 0.25) is 0 Å². The third-order valence-corrected chi connectivity index (χ3v) is 1.47. The van der Waals surface area contributed by atoms with Gasteiger partial charge in [-0.25, -0.2) is 4.79 Å². The number of rotatable bonds is 6. The molecule has 0 aliphatic heterocycles. The molecule has 76 valence electrons. The fourth-order valence-electron chi connectivity index (χ4n) is 0.763. The van der Waals surface area contributed by atoms with E-state index in [1.54, 1.807) is 0 Å². The largest absolute Gasteiger partial charge is 0.480 e. The van der Waals surface area contributed by atoms with Crippen LogP contribution in [-0.4, -0.2) is 29.8 Å². The van der Waals surface area contributed by atoms with Gasteiger partial charge in [-0.1, -0.05) is 0 Å². The van der Waals surface area contributed by atoms with Crippen LogP contribution < -0.4 is 11.5 Å². The maximum atomic E-state index is 10.2. The van der Waals surface area contributed by atoms with E-state index < -0.39 is 18.1 Å². The second kappa shape index (κ2) is 6.24. The highest BCUT2D eigenvalue weighted by atomic mass is 16.5. The monoisotopic (exact) mass is 190 g/mol. The fourth-order valence-corrected chi connectivity index (χ4v) is 0.763. The van der Waals surface area contributed by atoms with Crippen molar-refractivity contribution in [3.63, 3.8) is 0 Å². The predicted molar refractivity (Wildman–Crippen MR) is 45.0 cm³/mol. The maximum Gasteiger partial charge on any atom is 0.404 e. The van der Waals surface area contributed by atoms with Gasteiger partial charge in [0.1, 0.15) is 6.04 Å². The van der Waals surface area contributed by atoms with E-state index in [9.17, 15) is 9.59 Å². The minimum Gasteiger partial charge on any atom is -0.480 e. The lowest BCUT2D eigenvalue weighted by Gasteiger charge is -2.05. The first-order valence-electron chi connectivity index (χ1n) is 3.94. The van der Waals surface area contributed by atoms with Gasteiger partial charge in [-0.2, -0.15) is 0 Å². The highest BCUT2D eigenvalue weighted by Gasteiger charge is 2.09. The summed E-state index contributed by atoms with van der Waals surface area (Å²) in [5.41, 5.74) is 9.93. The molecule has 0 bridgehead atoms. The van der Waals surface area contributed by atoms with Crippen LogP contribution in [0.4, 0.5) is 4.79 Å². The number of aliphatic carboxylic acids is 1. The number of amides is 1. The van der Waals surface area contributed by atoms with Crippen LogP contribution in [0.3, 0.4) is 0 Å². The van der Waals surface area contributed by atoms with Crippen molar-refractivity contribution in [2.75, 3.05) is 6.61 Å². The fraction of sp³-hybridized carbons (Fsp3) is 0.714. The number of hydrogen-bond acceptors (Lipinski definition) is 4. The molecular formula is C7H14N2O4. The topological polar surface area (TPSA) is 116 Å². The van der Waals surface area contributed by atoms with Crippen LogP contribution in [0.15, 0.2) is 0 Å². The van der Waals surface area contributed by atoms with Crippen LogP contribution in [0, 0.1) is 0 Å². The molecular weight excluding hydrogens is 176 g/mol. The van der Waals surface area contributed by atoms with Crippen LogP contribution >= 0.6 is 0 Å². The summed E-state index contributed by atoms with van der Waals surface area (Å²) in [5, 5.41) is 8.40. The van der Waals surface area contributed by atoms with E-state index in [-0.39, 0.29) is 6.61 Å². The Balaban J connectivity index is 3.26. The van der Waals surface area contributed by atoms with E-state index in [0.29, 0.717) is 19.3 Å². The van der Waals surface area contributed by atoms with Crippen LogP contribution in [0.2, 0.25) is 0 Å². The molecule has 0 aromatic rings. The minimum atomic E-state index is -1.02. The Bertz CT molecular complexity index is 183. The molecule has 0 unspecified atom stereocenters. The van der Waals surface area contributed by atoms with Crippen LogP contribution in [-0.2, 0) is 9.53 Å².